The SMILES string of the molecule is CC(C)NC(=O)N1CC2(C)OC(C)(C1)c1c2c(O)n(-c2ccc(C#N)c(C(F)(F)F)c2)c1O. The summed E-state index contributed by atoms with van der Waals surface area (Å²) in [6, 6.07) is 3.98. The van der Waals surface area contributed by atoms with Crippen LogP contribution in [-0.4, -0.2) is 44.8 Å². The molecule has 2 atom stereocenters. The van der Waals surface area contributed by atoms with Gasteiger partial charge in [0.05, 0.1) is 47.1 Å². The van der Waals surface area contributed by atoms with Crippen LogP contribution in [0.25, 0.3) is 5.69 Å². The van der Waals surface area contributed by atoms with Gasteiger partial charge in [-0.3, -0.25) is 4.57 Å². The number of aromatic hydroxyl groups is 2. The number of rotatable bonds is 2. The Morgan fingerprint density at radius 2 is 1.73 bits per heavy atom. The number of amides is 2. The van der Waals surface area contributed by atoms with Crippen molar-refractivity contribution in [2.45, 2.75) is 51.1 Å². The van der Waals surface area contributed by atoms with Gasteiger partial charge in [0.2, 0.25) is 11.8 Å². The van der Waals surface area contributed by atoms with Gasteiger partial charge in [-0.05, 0) is 45.9 Å². The first-order valence-corrected chi connectivity index (χ1v) is 10.3. The number of morpholine rings is 1. The van der Waals surface area contributed by atoms with Crippen molar-refractivity contribution >= 4 is 6.03 Å². The highest BCUT2D eigenvalue weighted by atomic mass is 19.4. The van der Waals surface area contributed by atoms with Gasteiger partial charge in [0, 0.05) is 6.04 Å². The zero-order valence-electron chi connectivity index (χ0n) is 18.4. The van der Waals surface area contributed by atoms with Gasteiger partial charge in [0.1, 0.15) is 11.2 Å². The number of aromatic nitrogens is 1. The van der Waals surface area contributed by atoms with Crippen LogP contribution in [0.1, 0.15) is 49.9 Å². The van der Waals surface area contributed by atoms with E-state index in [1.165, 1.54) is 17.0 Å². The summed E-state index contributed by atoms with van der Waals surface area (Å²) in [4.78, 5) is 14.2. The number of nitrogens with zero attached hydrogens (tertiary/aromatic N) is 3. The molecule has 2 amide bonds. The van der Waals surface area contributed by atoms with Gasteiger partial charge in [-0.15, -0.1) is 0 Å². The molecule has 1 fully saturated rings. The molecular formula is C22H23F3N4O4. The summed E-state index contributed by atoms with van der Waals surface area (Å²) < 4.78 is 47.5. The molecule has 8 nitrogen and oxygen atoms in total. The summed E-state index contributed by atoms with van der Waals surface area (Å²) >= 11 is 0. The summed E-state index contributed by atoms with van der Waals surface area (Å²) in [5.41, 5.74) is -3.91. The molecule has 2 aliphatic heterocycles. The number of carbonyl (C=O) groups is 1. The molecule has 2 unspecified atom stereocenters. The lowest BCUT2D eigenvalue weighted by Crippen LogP contribution is -2.56. The Morgan fingerprint density at radius 3 is 2.18 bits per heavy atom. The summed E-state index contributed by atoms with van der Waals surface area (Å²) in [6.07, 6.45) is -4.80. The Balaban J connectivity index is 1.84. The zero-order valence-corrected chi connectivity index (χ0v) is 18.4. The number of ether oxygens (including phenoxy) is 1. The molecule has 1 saturated heterocycles. The molecule has 2 aliphatic rings. The second-order valence-electron chi connectivity index (χ2n) is 9.10. The predicted octanol–water partition coefficient (Wildman–Crippen LogP) is 3.67. The smallest absolute Gasteiger partial charge is 0.417 e. The van der Waals surface area contributed by atoms with Crippen molar-refractivity contribution < 1.29 is 32.9 Å². The van der Waals surface area contributed by atoms with Crippen molar-refractivity contribution in [3.8, 4) is 23.5 Å². The van der Waals surface area contributed by atoms with Crippen LogP contribution >= 0.6 is 0 Å². The number of hydrogen-bond donors (Lipinski definition) is 3. The standard InChI is InChI=1S/C22H23F3N4O4/c1-11(2)27-19(32)28-9-20(3)15-16(21(4,10-28)33-20)18(31)29(17(15)30)13-6-5-12(8-26)14(7-13)22(23,24)25/h5-7,11,30-31H,9-10H2,1-4H3,(H,27,32). The van der Waals surface area contributed by atoms with Gasteiger partial charge in [-0.2, -0.15) is 18.4 Å². The Kier molecular flexibility index (Phi) is 4.87. The molecule has 0 aliphatic carbocycles. The van der Waals surface area contributed by atoms with E-state index in [1.54, 1.807) is 13.8 Å². The monoisotopic (exact) mass is 464 g/mol. The van der Waals surface area contributed by atoms with Crippen molar-refractivity contribution in [2.75, 3.05) is 13.1 Å². The van der Waals surface area contributed by atoms with E-state index in [2.05, 4.69) is 5.32 Å². The normalized spacial score (nSPS) is 24.0. The minimum absolute atomic E-state index is 0.0618. The molecule has 176 valence electrons. The number of fused-ring (bicyclic) bond motifs is 5. The van der Waals surface area contributed by atoms with Gasteiger partial charge in [0.15, 0.2) is 0 Å². The first-order valence-electron chi connectivity index (χ1n) is 10.3. The van der Waals surface area contributed by atoms with Crippen LogP contribution < -0.4 is 5.32 Å². The third-order valence-electron chi connectivity index (χ3n) is 6.00. The largest absolute Gasteiger partial charge is 0.494 e. The third kappa shape index (κ3) is 3.36. The number of nitrogens with one attached hydrogen (secondary N) is 1. The van der Waals surface area contributed by atoms with Crippen LogP contribution in [0, 0.1) is 11.3 Å². The van der Waals surface area contributed by atoms with Crippen LogP contribution in [0.15, 0.2) is 18.2 Å². The predicted molar refractivity (Wildman–Crippen MR) is 110 cm³/mol. The number of urea groups is 1. The molecule has 33 heavy (non-hydrogen) atoms. The minimum Gasteiger partial charge on any atom is -0.494 e. The van der Waals surface area contributed by atoms with Crippen LogP contribution in [-0.2, 0) is 22.1 Å². The lowest BCUT2D eigenvalue weighted by Gasteiger charge is -2.43. The summed E-state index contributed by atoms with van der Waals surface area (Å²) in [5.74, 6) is -0.977. The average Bonchev–Trinajstić information content (AvgIpc) is 3.06. The van der Waals surface area contributed by atoms with Crippen molar-refractivity contribution in [1.29, 1.82) is 5.26 Å². The minimum atomic E-state index is -4.80. The second-order valence-corrected chi connectivity index (χ2v) is 9.10. The van der Waals surface area contributed by atoms with Gasteiger partial charge >= 0.3 is 12.2 Å². The summed E-state index contributed by atoms with van der Waals surface area (Å²) in [5, 5.41) is 34.0. The molecule has 3 heterocycles. The molecular weight excluding hydrogens is 441 g/mol. The van der Waals surface area contributed by atoms with E-state index in [4.69, 9.17) is 10.00 Å². The highest BCUT2D eigenvalue weighted by molar-refractivity contribution is 5.76. The van der Waals surface area contributed by atoms with E-state index in [-0.39, 0.29) is 42.0 Å². The molecule has 2 bridgehead atoms. The Morgan fingerprint density at radius 1 is 1.18 bits per heavy atom. The summed E-state index contributed by atoms with van der Waals surface area (Å²) in [6.45, 7) is 7.06. The molecule has 3 N–H and O–H groups in total. The molecule has 0 spiro atoms. The van der Waals surface area contributed by atoms with E-state index in [9.17, 15) is 28.2 Å². The fourth-order valence-corrected chi connectivity index (χ4v) is 4.89. The lowest BCUT2D eigenvalue weighted by atomic mass is 9.94. The van der Waals surface area contributed by atoms with Crippen LogP contribution in [0.5, 0.6) is 11.8 Å². The molecule has 1 aromatic carbocycles. The van der Waals surface area contributed by atoms with Crippen LogP contribution in [0.4, 0.5) is 18.0 Å². The Labute approximate surface area is 187 Å². The van der Waals surface area contributed by atoms with Crippen LogP contribution in [0.2, 0.25) is 0 Å². The number of benzene rings is 1. The number of halogens is 3. The Bertz CT molecular complexity index is 1160. The topological polar surface area (TPSA) is 111 Å². The fourth-order valence-electron chi connectivity index (χ4n) is 4.89. The highest BCUT2D eigenvalue weighted by Gasteiger charge is 2.59. The van der Waals surface area contributed by atoms with Gasteiger partial charge in [0.25, 0.3) is 0 Å². The summed E-state index contributed by atoms with van der Waals surface area (Å²) in [7, 11) is 0. The Hall–Kier alpha value is -3.39. The number of hydrogen-bond acceptors (Lipinski definition) is 5. The van der Waals surface area contributed by atoms with Gasteiger partial charge < -0.3 is 25.2 Å². The fraction of sp³-hybridized carbons (Fsp3) is 0.455. The van der Waals surface area contributed by atoms with Crippen molar-refractivity contribution in [3.63, 3.8) is 0 Å². The molecule has 4 rings (SSSR count). The molecule has 1 aromatic heterocycles. The average molecular weight is 464 g/mol. The third-order valence-corrected chi connectivity index (χ3v) is 6.00. The second kappa shape index (κ2) is 7.05. The first kappa shape index (κ1) is 22.8. The molecule has 0 saturated carbocycles. The van der Waals surface area contributed by atoms with E-state index in [0.29, 0.717) is 6.07 Å². The lowest BCUT2D eigenvalue weighted by molar-refractivity contribution is -0.176. The maximum atomic E-state index is 13.5. The quantitative estimate of drug-likeness (QED) is 0.628. The van der Waals surface area contributed by atoms with E-state index >= 15 is 0 Å². The van der Waals surface area contributed by atoms with Gasteiger partial charge in [-0.1, -0.05) is 0 Å². The van der Waals surface area contributed by atoms with Crippen LogP contribution in [0.3, 0.4) is 0 Å². The zero-order chi connectivity index (χ0) is 24.5. The van der Waals surface area contributed by atoms with Gasteiger partial charge in [-0.25, -0.2) is 4.79 Å². The molecule has 2 aromatic rings. The first-order chi connectivity index (χ1) is 15.2. The number of nitriles is 1. The van der Waals surface area contributed by atoms with E-state index < -0.39 is 40.3 Å². The van der Waals surface area contributed by atoms with E-state index in [1.807, 2.05) is 13.8 Å². The molecule has 11 heteroatoms. The maximum Gasteiger partial charge on any atom is 0.417 e. The van der Waals surface area contributed by atoms with E-state index in [0.717, 1.165) is 10.6 Å². The van der Waals surface area contributed by atoms with Crippen molar-refractivity contribution in [3.05, 3.63) is 40.5 Å². The number of alkyl halides is 3. The number of carbonyl (C=O) groups excluding carboxylic acids is 1. The molecule has 0 radical (unpaired) electrons. The maximum absolute atomic E-state index is 13.5. The van der Waals surface area contributed by atoms with Crippen molar-refractivity contribution in [1.82, 2.24) is 14.8 Å². The highest BCUT2D eigenvalue weighted by Crippen LogP contribution is 2.59. The van der Waals surface area contributed by atoms with Crippen molar-refractivity contribution in [2.24, 2.45) is 0 Å².